The van der Waals surface area contributed by atoms with Crippen LogP contribution in [0.5, 0.6) is 0 Å². The van der Waals surface area contributed by atoms with Crippen molar-refractivity contribution in [3.05, 3.63) is 0 Å². The van der Waals surface area contributed by atoms with E-state index in [1.54, 1.807) is 0 Å². The SMILES string of the molecule is CN1CC2NCCCC2CC1=O. The van der Waals surface area contributed by atoms with Gasteiger partial charge in [0.25, 0.3) is 0 Å². The molecule has 68 valence electrons. The zero-order valence-corrected chi connectivity index (χ0v) is 7.55. The fourth-order valence-corrected chi connectivity index (χ4v) is 2.25. The van der Waals surface area contributed by atoms with Crippen LogP contribution in [0.25, 0.3) is 0 Å². The van der Waals surface area contributed by atoms with E-state index in [4.69, 9.17) is 0 Å². The lowest BCUT2D eigenvalue weighted by Gasteiger charge is -2.39. The number of fused-ring (bicyclic) bond motifs is 1. The summed E-state index contributed by atoms with van der Waals surface area (Å²) in [7, 11) is 1.90. The van der Waals surface area contributed by atoms with Crippen molar-refractivity contribution in [3.63, 3.8) is 0 Å². The van der Waals surface area contributed by atoms with Gasteiger partial charge in [0.15, 0.2) is 0 Å². The Morgan fingerprint density at radius 1 is 1.58 bits per heavy atom. The second kappa shape index (κ2) is 3.05. The maximum Gasteiger partial charge on any atom is 0.222 e. The summed E-state index contributed by atoms with van der Waals surface area (Å²) < 4.78 is 0. The normalized spacial score (nSPS) is 36.4. The number of nitrogens with zero attached hydrogens (tertiary/aromatic N) is 1. The maximum absolute atomic E-state index is 11.3. The summed E-state index contributed by atoms with van der Waals surface area (Å²) in [5.41, 5.74) is 0. The van der Waals surface area contributed by atoms with Gasteiger partial charge in [-0.15, -0.1) is 0 Å². The molecule has 0 saturated carbocycles. The summed E-state index contributed by atoms with van der Waals surface area (Å²) in [5.74, 6) is 0.933. The Labute approximate surface area is 73.1 Å². The molecule has 2 atom stereocenters. The van der Waals surface area contributed by atoms with Crippen LogP contribution in [0.1, 0.15) is 19.3 Å². The van der Waals surface area contributed by atoms with Crippen molar-refractivity contribution in [2.24, 2.45) is 5.92 Å². The topological polar surface area (TPSA) is 32.3 Å². The lowest BCUT2D eigenvalue weighted by molar-refractivity contribution is -0.135. The molecule has 2 saturated heterocycles. The Bertz CT molecular complexity index is 193. The third kappa shape index (κ3) is 1.33. The molecule has 2 heterocycles. The van der Waals surface area contributed by atoms with Gasteiger partial charge in [0.05, 0.1) is 0 Å². The molecule has 0 aromatic rings. The molecule has 0 aromatic carbocycles. The third-order valence-electron chi connectivity index (χ3n) is 3.06. The molecule has 0 spiro atoms. The molecule has 0 aliphatic carbocycles. The van der Waals surface area contributed by atoms with Gasteiger partial charge in [0.1, 0.15) is 0 Å². The first-order valence-corrected chi connectivity index (χ1v) is 4.75. The minimum Gasteiger partial charge on any atom is -0.344 e. The highest BCUT2D eigenvalue weighted by Crippen LogP contribution is 2.25. The highest BCUT2D eigenvalue weighted by molar-refractivity contribution is 5.77. The Balaban J connectivity index is 2.02. The lowest BCUT2D eigenvalue weighted by atomic mass is 9.85. The van der Waals surface area contributed by atoms with Gasteiger partial charge in [-0.1, -0.05) is 0 Å². The van der Waals surface area contributed by atoms with E-state index >= 15 is 0 Å². The van der Waals surface area contributed by atoms with Crippen LogP contribution in [0.3, 0.4) is 0 Å². The van der Waals surface area contributed by atoms with Crippen molar-refractivity contribution < 1.29 is 4.79 Å². The zero-order valence-electron chi connectivity index (χ0n) is 7.55. The predicted octanol–water partition coefficient (Wildman–Crippen LogP) is 0.217. The second-order valence-corrected chi connectivity index (χ2v) is 3.94. The van der Waals surface area contributed by atoms with Crippen LogP contribution in [0, 0.1) is 5.92 Å². The number of hydrogen-bond donors (Lipinski definition) is 1. The van der Waals surface area contributed by atoms with Crippen LogP contribution < -0.4 is 5.32 Å². The fourth-order valence-electron chi connectivity index (χ4n) is 2.25. The van der Waals surface area contributed by atoms with E-state index in [9.17, 15) is 4.79 Å². The number of carbonyl (C=O) groups is 1. The van der Waals surface area contributed by atoms with Crippen LogP contribution in [0.15, 0.2) is 0 Å². The largest absolute Gasteiger partial charge is 0.344 e. The van der Waals surface area contributed by atoms with E-state index in [-0.39, 0.29) is 0 Å². The van der Waals surface area contributed by atoms with E-state index in [0.29, 0.717) is 17.9 Å². The molecular formula is C9H16N2O. The van der Waals surface area contributed by atoms with Gasteiger partial charge in [-0.25, -0.2) is 0 Å². The van der Waals surface area contributed by atoms with Crippen LogP contribution in [-0.2, 0) is 4.79 Å². The zero-order chi connectivity index (χ0) is 8.55. The fraction of sp³-hybridized carbons (Fsp3) is 0.889. The predicted molar refractivity (Wildman–Crippen MR) is 46.8 cm³/mol. The summed E-state index contributed by atoms with van der Waals surface area (Å²) in [4.78, 5) is 13.2. The summed E-state index contributed by atoms with van der Waals surface area (Å²) >= 11 is 0. The minimum atomic E-state index is 0.319. The molecule has 3 nitrogen and oxygen atoms in total. The molecule has 2 aliphatic heterocycles. The van der Waals surface area contributed by atoms with E-state index in [1.807, 2.05) is 11.9 Å². The molecule has 0 aromatic heterocycles. The smallest absolute Gasteiger partial charge is 0.222 e. The van der Waals surface area contributed by atoms with Crippen LogP contribution in [0.4, 0.5) is 0 Å². The number of hydrogen-bond acceptors (Lipinski definition) is 2. The van der Waals surface area contributed by atoms with Crippen molar-refractivity contribution in [1.82, 2.24) is 10.2 Å². The summed E-state index contributed by atoms with van der Waals surface area (Å²) in [5, 5.41) is 3.48. The summed E-state index contributed by atoms with van der Waals surface area (Å²) in [6.45, 7) is 2.03. The van der Waals surface area contributed by atoms with Gasteiger partial charge in [0, 0.05) is 26.1 Å². The van der Waals surface area contributed by atoms with Crippen molar-refractivity contribution in [3.8, 4) is 0 Å². The monoisotopic (exact) mass is 168 g/mol. The highest BCUT2D eigenvalue weighted by Gasteiger charge is 2.33. The molecule has 3 heteroatoms. The molecule has 1 amide bonds. The standard InChI is InChI=1S/C9H16N2O/c1-11-6-8-7(5-9(11)12)3-2-4-10-8/h7-8,10H,2-6H2,1H3. The number of likely N-dealkylation sites (N-methyl/N-ethyl adjacent to an activating group) is 1. The van der Waals surface area contributed by atoms with Crippen LogP contribution >= 0.6 is 0 Å². The van der Waals surface area contributed by atoms with Crippen molar-refractivity contribution in [2.45, 2.75) is 25.3 Å². The van der Waals surface area contributed by atoms with Gasteiger partial charge < -0.3 is 10.2 Å². The lowest BCUT2D eigenvalue weighted by Crippen LogP contribution is -2.54. The van der Waals surface area contributed by atoms with E-state index in [2.05, 4.69) is 5.32 Å². The van der Waals surface area contributed by atoms with Crippen LogP contribution in [0.2, 0.25) is 0 Å². The summed E-state index contributed by atoms with van der Waals surface area (Å²) in [6.07, 6.45) is 3.23. The van der Waals surface area contributed by atoms with Crippen molar-refractivity contribution in [2.75, 3.05) is 20.1 Å². The molecular weight excluding hydrogens is 152 g/mol. The third-order valence-corrected chi connectivity index (χ3v) is 3.06. The summed E-state index contributed by atoms with van der Waals surface area (Å²) in [6, 6.07) is 0.571. The molecule has 2 unspecified atom stereocenters. The number of carbonyl (C=O) groups excluding carboxylic acids is 1. The maximum atomic E-state index is 11.3. The van der Waals surface area contributed by atoms with Gasteiger partial charge in [-0.2, -0.15) is 0 Å². The number of amides is 1. The average molecular weight is 168 g/mol. The van der Waals surface area contributed by atoms with Crippen molar-refractivity contribution in [1.29, 1.82) is 0 Å². The average Bonchev–Trinajstić information content (AvgIpc) is 2.07. The molecule has 2 rings (SSSR count). The Morgan fingerprint density at radius 3 is 3.25 bits per heavy atom. The number of nitrogens with one attached hydrogen (secondary N) is 1. The highest BCUT2D eigenvalue weighted by atomic mass is 16.2. The first kappa shape index (κ1) is 8.05. The second-order valence-electron chi connectivity index (χ2n) is 3.94. The Hall–Kier alpha value is -0.570. The Kier molecular flexibility index (Phi) is 2.05. The van der Waals surface area contributed by atoms with Gasteiger partial charge >= 0.3 is 0 Å². The Morgan fingerprint density at radius 2 is 2.42 bits per heavy atom. The molecule has 1 N–H and O–H groups in total. The van der Waals surface area contributed by atoms with Crippen molar-refractivity contribution >= 4 is 5.91 Å². The van der Waals surface area contributed by atoms with Gasteiger partial charge in [0.2, 0.25) is 5.91 Å². The van der Waals surface area contributed by atoms with E-state index in [0.717, 1.165) is 19.5 Å². The minimum absolute atomic E-state index is 0.319. The quantitative estimate of drug-likeness (QED) is 0.561. The molecule has 0 radical (unpaired) electrons. The van der Waals surface area contributed by atoms with E-state index < -0.39 is 0 Å². The number of likely N-dealkylation sites (tertiary alicyclic amines) is 1. The number of piperidine rings is 2. The van der Waals surface area contributed by atoms with Gasteiger partial charge in [-0.3, -0.25) is 4.79 Å². The van der Waals surface area contributed by atoms with Gasteiger partial charge in [-0.05, 0) is 25.3 Å². The molecule has 12 heavy (non-hydrogen) atoms. The molecule has 0 bridgehead atoms. The first-order valence-electron chi connectivity index (χ1n) is 4.75. The first-order chi connectivity index (χ1) is 5.77. The molecule has 2 aliphatic rings. The van der Waals surface area contributed by atoms with Crippen LogP contribution in [-0.4, -0.2) is 37.0 Å². The number of rotatable bonds is 0. The molecule has 2 fully saturated rings. The van der Waals surface area contributed by atoms with E-state index in [1.165, 1.54) is 12.8 Å².